The third-order valence-electron chi connectivity index (χ3n) is 1.80. The Morgan fingerprint density at radius 2 is 2.08 bits per heavy atom. The van der Waals surface area contributed by atoms with Gasteiger partial charge in [-0.1, -0.05) is 0 Å². The van der Waals surface area contributed by atoms with E-state index in [9.17, 15) is 5.11 Å². The van der Waals surface area contributed by atoms with E-state index in [1.807, 2.05) is 0 Å². The fourth-order valence-electron chi connectivity index (χ4n) is 1.36. The van der Waals surface area contributed by atoms with E-state index in [2.05, 4.69) is 0 Å². The van der Waals surface area contributed by atoms with Crippen LogP contribution in [0.1, 0.15) is 20.8 Å². The molecule has 1 N–H and O–H groups in total. The van der Waals surface area contributed by atoms with E-state index < -0.39 is 18.0 Å². The highest BCUT2D eigenvalue weighted by Gasteiger charge is 2.42. The molecule has 1 saturated heterocycles. The van der Waals surface area contributed by atoms with E-state index in [1.54, 1.807) is 26.8 Å². The average Bonchev–Trinajstić information content (AvgIpc) is 2.23. The number of ether oxygens (including phenoxy) is 2. The van der Waals surface area contributed by atoms with Gasteiger partial charge in [-0.25, -0.2) is 0 Å². The second-order valence-electron chi connectivity index (χ2n) is 3.38. The molecule has 1 aliphatic rings. The molecule has 0 unspecified atom stereocenters. The second-order valence-corrected chi connectivity index (χ2v) is 3.38. The molecule has 1 rings (SSSR count). The first-order valence-corrected chi connectivity index (χ1v) is 3.89. The molecule has 0 radical (unpaired) electrons. The standard InChI is InChI=1S/C8H13NO3/c1-5-7(6(10)4-9)12-8(2,3)11-5/h5-7,10H,1-3H3/t5-,6+,7-/m0/s1. The van der Waals surface area contributed by atoms with Gasteiger partial charge in [0.15, 0.2) is 11.9 Å². The van der Waals surface area contributed by atoms with E-state index in [4.69, 9.17) is 14.7 Å². The first-order chi connectivity index (χ1) is 5.46. The van der Waals surface area contributed by atoms with Gasteiger partial charge in [0.2, 0.25) is 0 Å². The van der Waals surface area contributed by atoms with Crippen molar-refractivity contribution in [3.63, 3.8) is 0 Å². The molecule has 12 heavy (non-hydrogen) atoms. The van der Waals surface area contributed by atoms with Crippen molar-refractivity contribution in [2.24, 2.45) is 0 Å². The van der Waals surface area contributed by atoms with Crippen LogP contribution >= 0.6 is 0 Å². The molecule has 1 heterocycles. The fraction of sp³-hybridized carbons (Fsp3) is 0.875. The van der Waals surface area contributed by atoms with Gasteiger partial charge in [0.25, 0.3) is 0 Å². The lowest BCUT2D eigenvalue weighted by Gasteiger charge is -2.17. The minimum Gasteiger partial charge on any atom is -0.375 e. The quantitative estimate of drug-likeness (QED) is 0.580. The Morgan fingerprint density at radius 1 is 1.50 bits per heavy atom. The van der Waals surface area contributed by atoms with Crippen LogP contribution in [0.4, 0.5) is 0 Å². The summed E-state index contributed by atoms with van der Waals surface area (Å²) < 4.78 is 10.7. The molecule has 0 aromatic heterocycles. The monoisotopic (exact) mass is 171 g/mol. The van der Waals surface area contributed by atoms with Crippen LogP contribution in [0.2, 0.25) is 0 Å². The van der Waals surface area contributed by atoms with Crippen molar-refractivity contribution in [3.8, 4) is 6.07 Å². The summed E-state index contributed by atoms with van der Waals surface area (Å²) in [6, 6.07) is 1.73. The van der Waals surface area contributed by atoms with Gasteiger partial charge in [0, 0.05) is 0 Å². The third-order valence-corrected chi connectivity index (χ3v) is 1.80. The Bertz CT molecular complexity index is 209. The highest BCUT2D eigenvalue weighted by Crippen LogP contribution is 2.29. The van der Waals surface area contributed by atoms with Gasteiger partial charge in [0.1, 0.15) is 6.10 Å². The molecule has 1 aliphatic heterocycles. The van der Waals surface area contributed by atoms with E-state index in [1.165, 1.54) is 0 Å². The minimum atomic E-state index is -1.11. The first-order valence-electron chi connectivity index (χ1n) is 3.89. The summed E-state index contributed by atoms with van der Waals surface area (Å²) in [6.07, 6.45) is -1.89. The molecule has 0 bridgehead atoms. The zero-order chi connectivity index (χ0) is 9.35. The van der Waals surface area contributed by atoms with Crippen LogP contribution in [-0.4, -0.2) is 29.2 Å². The Morgan fingerprint density at radius 3 is 2.42 bits per heavy atom. The van der Waals surface area contributed by atoms with Crippen molar-refractivity contribution in [2.75, 3.05) is 0 Å². The van der Waals surface area contributed by atoms with Gasteiger partial charge in [-0.3, -0.25) is 0 Å². The zero-order valence-corrected chi connectivity index (χ0v) is 7.44. The van der Waals surface area contributed by atoms with Gasteiger partial charge in [-0.15, -0.1) is 0 Å². The van der Waals surface area contributed by atoms with Crippen LogP contribution in [-0.2, 0) is 9.47 Å². The molecule has 0 spiro atoms. The minimum absolute atomic E-state index is 0.241. The molecule has 4 heteroatoms. The second kappa shape index (κ2) is 3.02. The lowest BCUT2D eigenvalue weighted by Crippen LogP contribution is -2.32. The predicted octanol–water partition coefficient (Wildman–Crippen LogP) is 0.411. The van der Waals surface area contributed by atoms with Crippen LogP contribution in [0.3, 0.4) is 0 Å². The Hall–Kier alpha value is -0.630. The molecule has 0 aromatic carbocycles. The Kier molecular flexibility index (Phi) is 2.38. The van der Waals surface area contributed by atoms with Crippen molar-refractivity contribution in [1.82, 2.24) is 0 Å². The van der Waals surface area contributed by atoms with Crippen molar-refractivity contribution in [2.45, 2.75) is 44.9 Å². The molecule has 68 valence electrons. The summed E-state index contributed by atoms with van der Waals surface area (Å²) in [6.45, 7) is 5.29. The van der Waals surface area contributed by atoms with Crippen molar-refractivity contribution in [3.05, 3.63) is 0 Å². The normalized spacial score (nSPS) is 35.9. The van der Waals surface area contributed by atoms with E-state index in [-0.39, 0.29) is 6.10 Å². The highest BCUT2D eigenvalue weighted by atomic mass is 16.8. The average molecular weight is 171 g/mol. The number of nitriles is 1. The summed E-state index contributed by atoms with van der Waals surface area (Å²) in [5.41, 5.74) is 0. The van der Waals surface area contributed by atoms with Crippen LogP contribution in [0, 0.1) is 11.3 Å². The molecule has 1 fully saturated rings. The van der Waals surface area contributed by atoms with E-state index >= 15 is 0 Å². The lowest BCUT2D eigenvalue weighted by molar-refractivity contribution is -0.151. The summed E-state index contributed by atoms with van der Waals surface area (Å²) in [5.74, 6) is -0.693. The van der Waals surface area contributed by atoms with Crippen molar-refractivity contribution in [1.29, 1.82) is 5.26 Å². The molecule has 0 saturated carbocycles. The van der Waals surface area contributed by atoms with Crippen molar-refractivity contribution >= 4 is 0 Å². The van der Waals surface area contributed by atoms with Crippen LogP contribution in [0.15, 0.2) is 0 Å². The summed E-state index contributed by atoms with van der Waals surface area (Å²) in [5, 5.41) is 17.6. The van der Waals surface area contributed by atoms with Crippen LogP contribution in [0.5, 0.6) is 0 Å². The summed E-state index contributed by atoms with van der Waals surface area (Å²) >= 11 is 0. The Balaban J connectivity index is 2.65. The largest absolute Gasteiger partial charge is 0.375 e. The number of aliphatic hydroxyl groups is 1. The maximum atomic E-state index is 9.19. The summed E-state index contributed by atoms with van der Waals surface area (Å²) in [7, 11) is 0. The smallest absolute Gasteiger partial charge is 0.169 e. The maximum absolute atomic E-state index is 9.19. The maximum Gasteiger partial charge on any atom is 0.169 e. The number of aliphatic hydroxyl groups excluding tert-OH is 1. The SMILES string of the molecule is C[C@@H]1OC(C)(C)O[C@@H]1[C@H](O)C#N. The van der Waals surface area contributed by atoms with Gasteiger partial charge in [-0.05, 0) is 20.8 Å². The lowest BCUT2D eigenvalue weighted by atomic mass is 10.1. The van der Waals surface area contributed by atoms with Gasteiger partial charge in [0.05, 0.1) is 12.2 Å². The molecular formula is C8H13NO3. The Labute approximate surface area is 71.7 Å². The van der Waals surface area contributed by atoms with E-state index in [0.29, 0.717) is 0 Å². The molecule has 0 amide bonds. The predicted molar refractivity (Wildman–Crippen MR) is 41.1 cm³/mol. The molecule has 3 atom stereocenters. The fourth-order valence-corrected chi connectivity index (χ4v) is 1.36. The molecule has 0 aliphatic carbocycles. The van der Waals surface area contributed by atoms with Crippen LogP contribution < -0.4 is 0 Å². The number of hydrogen-bond donors (Lipinski definition) is 1. The topological polar surface area (TPSA) is 62.5 Å². The van der Waals surface area contributed by atoms with Gasteiger partial charge in [-0.2, -0.15) is 5.26 Å². The number of nitrogens with zero attached hydrogens (tertiary/aromatic N) is 1. The third kappa shape index (κ3) is 1.75. The zero-order valence-electron chi connectivity index (χ0n) is 7.44. The van der Waals surface area contributed by atoms with E-state index in [0.717, 1.165) is 0 Å². The van der Waals surface area contributed by atoms with Crippen LogP contribution in [0.25, 0.3) is 0 Å². The summed E-state index contributed by atoms with van der Waals surface area (Å²) in [4.78, 5) is 0. The molecule has 4 nitrogen and oxygen atoms in total. The molecular weight excluding hydrogens is 158 g/mol. The molecule has 0 aromatic rings. The van der Waals surface area contributed by atoms with Gasteiger partial charge < -0.3 is 14.6 Å². The van der Waals surface area contributed by atoms with Gasteiger partial charge >= 0.3 is 0 Å². The van der Waals surface area contributed by atoms with Crippen molar-refractivity contribution < 1.29 is 14.6 Å². The highest BCUT2D eigenvalue weighted by molar-refractivity contribution is 4.95. The number of rotatable bonds is 1. The number of hydrogen-bond acceptors (Lipinski definition) is 4. The first kappa shape index (κ1) is 9.46.